The lowest BCUT2D eigenvalue weighted by atomic mass is 9.77. The molecule has 2 fully saturated rings. The van der Waals surface area contributed by atoms with Crippen molar-refractivity contribution in [1.82, 2.24) is 20.5 Å². The number of carbonyl (C=O) groups is 1. The first kappa shape index (κ1) is 22.4. The van der Waals surface area contributed by atoms with Crippen molar-refractivity contribution in [3.63, 3.8) is 0 Å². The fraction of sp³-hybridized carbons (Fsp3) is 0.750. The van der Waals surface area contributed by atoms with Crippen molar-refractivity contribution in [2.24, 2.45) is 5.41 Å². The molecule has 1 aromatic heterocycles. The third-order valence-electron chi connectivity index (χ3n) is 5.19. The summed E-state index contributed by atoms with van der Waals surface area (Å²) in [5.41, 5.74) is 6.99. The number of likely N-dealkylation sites (N-methyl/N-ethyl adjacent to an activating group) is 1. The summed E-state index contributed by atoms with van der Waals surface area (Å²) in [5.74, 6) is 0.181. The van der Waals surface area contributed by atoms with E-state index in [1.165, 1.54) is 24.2 Å². The van der Waals surface area contributed by atoms with Gasteiger partial charge in [-0.25, -0.2) is 4.98 Å². The molecular weight excluding hydrogens is 381 g/mol. The van der Waals surface area contributed by atoms with E-state index in [1.807, 2.05) is 5.38 Å². The number of aryl methyl sites for hydroxylation is 1. The lowest BCUT2D eigenvalue weighted by Gasteiger charge is -2.33. The van der Waals surface area contributed by atoms with E-state index in [4.69, 9.17) is 5.73 Å². The van der Waals surface area contributed by atoms with Crippen LogP contribution in [0.4, 0.5) is 5.13 Å². The second-order valence-corrected chi connectivity index (χ2v) is 7.85. The number of nitrogens with one attached hydrogen (secondary N) is 2. The van der Waals surface area contributed by atoms with Crippen molar-refractivity contribution >= 4 is 47.2 Å². The highest BCUT2D eigenvalue weighted by molar-refractivity contribution is 7.13. The molecule has 1 amide bonds. The minimum Gasteiger partial charge on any atom is -0.375 e. The first-order chi connectivity index (χ1) is 11.1. The van der Waals surface area contributed by atoms with Gasteiger partial charge in [0.05, 0.1) is 11.7 Å². The SMILES string of the molecule is CN1CC2(CCNCC2)CC1C(=O)NCCCc1csc(N)n1.Cl.Cl. The van der Waals surface area contributed by atoms with Gasteiger partial charge in [0, 0.05) is 18.5 Å². The topological polar surface area (TPSA) is 83.3 Å². The monoisotopic (exact) mass is 409 g/mol. The van der Waals surface area contributed by atoms with Gasteiger partial charge in [-0.1, -0.05) is 0 Å². The number of nitrogens with zero attached hydrogens (tertiary/aromatic N) is 2. The highest BCUT2D eigenvalue weighted by atomic mass is 35.5. The van der Waals surface area contributed by atoms with Crippen molar-refractivity contribution in [2.75, 3.05) is 39.0 Å². The number of anilines is 1. The number of halogens is 2. The van der Waals surface area contributed by atoms with Gasteiger partial charge in [-0.15, -0.1) is 36.2 Å². The Balaban J connectivity index is 0.00000156. The van der Waals surface area contributed by atoms with Gasteiger partial charge in [0.2, 0.25) is 5.91 Å². The van der Waals surface area contributed by atoms with Gasteiger partial charge in [-0.3, -0.25) is 9.69 Å². The zero-order valence-electron chi connectivity index (χ0n) is 14.6. The number of piperidine rings is 1. The number of aromatic nitrogens is 1. The Morgan fingerprint density at radius 1 is 1.48 bits per heavy atom. The van der Waals surface area contributed by atoms with Crippen LogP contribution in [0.25, 0.3) is 0 Å². The normalized spacial score (nSPS) is 22.2. The number of nitrogen functional groups attached to an aromatic ring is 1. The number of thiazole rings is 1. The molecule has 3 rings (SSSR count). The summed E-state index contributed by atoms with van der Waals surface area (Å²) in [7, 11) is 2.08. The Morgan fingerprint density at radius 3 is 2.84 bits per heavy atom. The summed E-state index contributed by atoms with van der Waals surface area (Å²) >= 11 is 1.47. The molecule has 144 valence electrons. The molecule has 1 aromatic rings. The van der Waals surface area contributed by atoms with Crippen LogP contribution in [0.15, 0.2) is 5.38 Å². The van der Waals surface area contributed by atoms with Gasteiger partial charge >= 0.3 is 0 Å². The van der Waals surface area contributed by atoms with Crippen molar-refractivity contribution in [3.05, 3.63) is 11.1 Å². The number of carbonyl (C=O) groups excluding carboxylic acids is 1. The van der Waals surface area contributed by atoms with Crippen LogP contribution < -0.4 is 16.4 Å². The molecule has 3 heterocycles. The summed E-state index contributed by atoms with van der Waals surface area (Å²) < 4.78 is 0. The molecule has 1 atom stereocenters. The summed E-state index contributed by atoms with van der Waals surface area (Å²) in [6, 6.07) is 0.0306. The van der Waals surface area contributed by atoms with Crippen LogP contribution in [-0.4, -0.2) is 55.1 Å². The standard InChI is InChI=1S/C16H27N5OS.2ClH/c1-21-11-16(4-7-18-8-5-16)9-13(21)14(22)19-6-2-3-12-10-23-15(17)20-12;;/h10,13,18H,2-9,11H2,1H3,(H2,17,20)(H,19,22);2*1H. The maximum Gasteiger partial charge on any atom is 0.237 e. The summed E-state index contributed by atoms with van der Waals surface area (Å²) in [4.78, 5) is 19.0. The number of amides is 1. The lowest BCUT2D eigenvalue weighted by Crippen LogP contribution is -2.41. The first-order valence-electron chi connectivity index (χ1n) is 8.47. The van der Waals surface area contributed by atoms with E-state index in [9.17, 15) is 4.79 Å². The molecule has 1 spiro atoms. The van der Waals surface area contributed by atoms with E-state index in [0.717, 1.165) is 44.6 Å². The fourth-order valence-electron chi connectivity index (χ4n) is 3.92. The average molecular weight is 410 g/mol. The fourth-order valence-corrected chi connectivity index (χ4v) is 4.52. The number of hydrogen-bond donors (Lipinski definition) is 3. The molecule has 0 bridgehead atoms. The van der Waals surface area contributed by atoms with Crippen molar-refractivity contribution < 1.29 is 4.79 Å². The zero-order chi connectivity index (χ0) is 16.3. The minimum atomic E-state index is 0. The predicted molar refractivity (Wildman–Crippen MR) is 108 cm³/mol. The molecule has 2 saturated heterocycles. The van der Waals surface area contributed by atoms with Gasteiger partial charge in [0.1, 0.15) is 0 Å². The van der Waals surface area contributed by atoms with E-state index in [2.05, 4.69) is 27.6 Å². The van der Waals surface area contributed by atoms with Gasteiger partial charge in [0.25, 0.3) is 0 Å². The Kier molecular flexibility index (Phi) is 8.91. The van der Waals surface area contributed by atoms with Crippen LogP contribution >= 0.6 is 36.2 Å². The van der Waals surface area contributed by atoms with Gasteiger partial charge in [-0.05, 0) is 57.7 Å². The number of likely N-dealkylation sites (tertiary alicyclic amines) is 1. The van der Waals surface area contributed by atoms with Crippen LogP contribution in [0.2, 0.25) is 0 Å². The highest BCUT2D eigenvalue weighted by Crippen LogP contribution is 2.41. The summed E-state index contributed by atoms with van der Waals surface area (Å²) in [6.45, 7) is 3.91. The van der Waals surface area contributed by atoms with Crippen LogP contribution in [0.1, 0.15) is 31.4 Å². The maximum atomic E-state index is 12.5. The average Bonchev–Trinajstić information content (AvgIpc) is 3.08. The van der Waals surface area contributed by atoms with E-state index in [0.29, 0.717) is 17.1 Å². The predicted octanol–water partition coefficient (Wildman–Crippen LogP) is 1.69. The van der Waals surface area contributed by atoms with Crippen molar-refractivity contribution in [3.8, 4) is 0 Å². The third kappa shape index (κ3) is 5.69. The molecule has 0 aromatic carbocycles. The number of nitrogens with two attached hydrogens (primary N) is 1. The van der Waals surface area contributed by atoms with E-state index in [-0.39, 0.29) is 36.8 Å². The second-order valence-electron chi connectivity index (χ2n) is 6.96. The van der Waals surface area contributed by atoms with Crippen LogP contribution in [0, 0.1) is 5.41 Å². The Bertz CT molecular complexity index is 550. The van der Waals surface area contributed by atoms with Crippen LogP contribution in [0.5, 0.6) is 0 Å². The second kappa shape index (κ2) is 9.92. The molecule has 2 aliphatic rings. The quantitative estimate of drug-likeness (QED) is 0.644. The lowest BCUT2D eigenvalue weighted by molar-refractivity contribution is -0.125. The smallest absolute Gasteiger partial charge is 0.237 e. The Labute approximate surface area is 166 Å². The van der Waals surface area contributed by atoms with E-state index in [1.54, 1.807) is 0 Å². The molecule has 9 heteroatoms. The maximum absolute atomic E-state index is 12.5. The van der Waals surface area contributed by atoms with Gasteiger partial charge in [0.15, 0.2) is 5.13 Å². The molecule has 0 saturated carbocycles. The molecule has 25 heavy (non-hydrogen) atoms. The number of hydrogen-bond acceptors (Lipinski definition) is 6. The van der Waals surface area contributed by atoms with Gasteiger partial charge in [-0.2, -0.15) is 0 Å². The first-order valence-corrected chi connectivity index (χ1v) is 9.35. The van der Waals surface area contributed by atoms with E-state index < -0.39 is 0 Å². The zero-order valence-corrected chi connectivity index (χ0v) is 17.1. The molecular formula is C16H29Cl2N5OS. The Morgan fingerprint density at radius 2 is 2.20 bits per heavy atom. The molecule has 0 radical (unpaired) electrons. The highest BCUT2D eigenvalue weighted by Gasteiger charge is 2.45. The number of rotatable bonds is 5. The largest absolute Gasteiger partial charge is 0.375 e. The summed E-state index contributed by atoms with van der Waals surface area (Å²) in [5, 5.41) is 9.13. The van der Waals surface area contributed by atoms with Crippen molar-refractivity contribution in [1.29, 1.82) is 0 Å². The summed E-state index contributed by atoms with van der Waals surface area (Å²) in [6.07, 6.45) is 5.14. The molecule has 6 nitrogen and oxygen atoms in total. The van der Waals surface area contributed by atoms with Crippen LogP contribution in [-0.2, 0) is 11.2 Å². The van der Waals surface area contributed by atoms with Crippen molar-refractivity contribution in [2.45, 2.75) is 38.1 Å². The van der Waals surface area contributed by atoms with E-state index >= 15 is 0 Å². The van der Waals surface area contributed by atoms with Crippen LogP contribution in [0.3, 0.4) is 0 Å². The molecule has 1 unspecified atom stereocenters. The molecule has 2 aliphatic heterocycles. The molecule has 0 aliphatic carbocycles. The van der Waals surface area contributed by atoms with Gasteiger partial charge < -0.3 is 16.4 Å². The minimum absolute atomic E-state index is 0. The Hall–Kier alpha value is -0.600. The molecule has 4 N–H and O–H groups in total. The third-order valence-corrected chi connectivity index (χ3v) is 5.91.